The fourth-order valence-electron chi connectivity index (χ4n) is 4.44. The van der Waals surface area contributed by atoms with E-state index >= 15 is 0 Å². The Bertz CT molecular complexity index is 1260. The Balaban J connectivity index is 1.40. The number of nitrogens with zero attached hydrogens (tertiary/aromatic N) is 2. The van der Waals surface area contributed by atoms with E-state index in [0.29, 0.717) is 6.54 Å². The number of likely N-dealkylation sites (tertiary alicyclic amines) is 1. The van der Waals surface area contributed by atoms with Crippen LogP contribution in [0.25, 0.3) is 33.3 Å². The van der Waals surface area contributed by atoms with Crippen molar-refractivity contribution in [3.63, 3.8) is 0 Å². The lowest BCUT2D eigenvalue weighted by molar-refractivity contribution is -0.117. The molecule has 5 rings (SSSR count). The molecule has 3 aromatic carbocycles. The number of para-hydroxylation sites is 1. The second kappa shape index (κ2) is 9.74. The van der Waals surface area contributed by atoms with Crippen LogP contribution in [-0.4, -0.2) is 35.4 Å². The Kier molecular flexibility index (Phi) is 6.38. The molecule has 1 aromatic heterocycles. The van der Waals surface area contributed by atoms with Gasteiger partial charge in [-0.3, -0.25) is 9.69 Å². The standard InChI is InChI=1S/C28H26ClN3O/c29-22-12-8-20(9-13-22)25-18-27(31-26-7-3-2-6-24(25)26)21-10-14-23(15-11-21)30-28(33)19-32-16-4-1-5-17-32/h2-3,6-15,18H,1,4-5,16-17,19H2,(H,30,33). The lowest BCUT2D eigenvalue weighted by Crippen LogP contribution is -2.36. The van der Waals surface area contributed by atoms with Gasteiger partial charge < -0.3 is 5.32 Å². The average Bonchev–Trinajstić information content (AvgIpc) is 2.85. The van der Waals surface area contributed by atoms with Crippen molar-refractivity contribution in [3.05, 3.63) is 83.9 Å². The van der Waals surface area contributed by atoms with Crippen LogP contribution in [0.1, 0.15) is 19.3 Å². The molecule has 2 heterocycles. The molecule has 4 aromatic rings. The quantitative estimate of drug-likeness (QED) is 0.366. The Labute approximate surface area is 199 Å². The summed E-state index contributed by atoms with van der Waals surface area (Å²) in [5.74, 6) is 0.0403. The SMILES string of the molecule is O=C(CN1CCCCC1)Nc1ccc(-c2cc(-c3ccc(Cl)cc3)c3ccccc3n2)cc1. The first-order valence-corrected chi connectivity index (χ1v) is 11.8. The maximum absolute atomic E-state index is 12.4. The second-order valence-corrected chi connectivity index (χ2v) is 8.98. The number of aromatic nitrogens is 1. The van der Waals surface area contributed by atoms with Crippen molar-refractivity contribution >= 4 is 34.1 Å². The molecule has 33 heavy (non-hydrogen) atoms. The summed E-state index contributed by atoms with van der Waals surface area (Å²) in [4.78, 5) is 19.6. The minimum Gasteiger partial charge on any atom is -0.325 e. The highest BCUT2D eigenvalue weighted by Crippen LogP contribution is 2.33. The van der Waals surface area contributed by atoms with Crippen molar-refractivity contribution in [2.75, 3.05) is 25.0 Å². The monoisotopic (exact) mass is 455 g/mol. The van der Waals surface area contributed by atoms with Crippen molar-refractivity contribution in [1.82, 2.24) is 9.88 Å². The van der Waals surface area contributed by atoms with E-state index in [0.717, 1.165) is 57.1 Å². The number of nitrogens with one attached hydrogen (secondary N) is 1. The molecule has 0 spiro atoms. The van der Waals surface area contributed by atoms with E-state index in [1.54, 1.807) is 0 Å². The van der Waals surface area contributed by atoms with Crippen LogP contribution in [0.4, 0.5) is 5.69 Å². The third-order valence-corrected chi connectivity index (χ3v) is 6.40. The Morgan fingerprint density at radius 1 is 0.879 bits per heavy atom. The molecular weight excluding hydrogens is 430 g/mol. The Hall–Kier alpha value is -3.21. The number of carbonyl (C=O) groups excluding carboxylic acids is 1. The fraction of sp³-hybridized carbons (Fsp3) is 0.214. The molecule has 4 nitrogen and oxygen atoms in total. The number of halogens is 1. The van der Waals surface area contributed by atoms with E-state index in [2.05, 4.69) is 22.3 Å². The van der Waals surface area contributed by atoms with Crippen molar-refractivity contribution in [1.29, 1.82) is 0 Å². The van der Waals surface area contributed by atoms with E-state index in [1.807, 2.05) is 66.7 Å². The number of fused-ring (bicyclic) bond motifs is 1. The van der Waals surface area contributed by atoms with Crippen LogP contribution < -0.4 is 5.32 Å². The van der Waals surface area contributed by atoms with Gasteiger partial charge >= 0.3 is 0 Å². The molecule has 5 heteroatoms. The van der Waals surface area contributed by atoms with Crippen LogP contribution in [0.3, 0.4) is 0 Å². The molecule has 0 saturated carbocycles. The number of benzene rings is 3. The maximum atomic E-state index is 12.4. The number of carbonyl (C=O) groups is 1. The van der Waals surface area contributed by atoms with E-state index in [-0.39, 0.29) is 5.91 Å². The third-order valence-electron chi connectivity index (χ3n) is 6.15. The number of pyridine rings is 1. The molecule has 1 saturated heterocycles. The van der Waals surface area contributed by atoms with Gasteiger partial charge in [-0.05, 0) is 73.5 Å². The maximum Gasteiger partial charge on any atom is 0.238 e. The third kappa shape index (κ3) is 5.08. The van der Waals surface area contributed by atoms with Crippen LogP contribution in [0, 0.1) is 0 Å². The number of hydrogen-bond donors (Lipinski definition) is 1. The highest BCUT2D eigenvalue weighted by atomic mass is 35.5. The minimum atomic E-state index is 0.0403. The highest BCUT2D eigenvalue weighted by Gasteiger charge is 2.14. The number of anilines is 1. The first-order chi connectivity index (χ1) is 16.2. The molecule has 1 aliphatic heterocycles. The molecule has 0 radical (unpaired) electrons. The largest absolute Gasteiger partial charge is 0.325 e. The van der Waals surface area contributed by atoms with Gasteiger partial charge in [0.1, 0.15) is 0 Å². The van der Waals surface area contributed by atoms with Gasteiger partial charge in [0.2, 0.25) is 5.91 Å². The number of amides is 1. The summed E-state index contributed by atoms with van der Waals surface area (Å²) in [7, 11) is 0. The smallest absolute Gasteiger partial charge is 0.238 e. The molecule has 1 amide bonds. The fourth-order valence-corrected chi connectivity index (χ4v) is 4.56. The first kappa shape index (κ1) is 21.6. The summed E-state index contributed by atoms with van der Waals surface area (Å²) < 4.78 is 0. The lowest BCUT2D eigenvalue weighted by Gasteiger charge is -2.25. The number of piperidine rings is 1. The normalized spacial score (nSPS) is 14.3. The van der Waals surface area contributed by atoms with Gasteiger partial charge in [0.05, 0.1) is 17.8 Å². The van der Waals surface area contributed by atoms with Crippen molar-refractivity contribution in [2.45, 2.75) is 19.3 Å². The molecule has 0 aliphatic carbocycles. The number of hydrogen-bond acceptors (Lipinski definition) is 3. The zero-order valence-corrected chi connectivity index (χ0v) is 19.2. The molecule has 1 aliphatic rings. The van der Waals surface area contributed by atoms with E-state index in [9.17, 15) is 4.79 Å². The van der Waals surface area contributed by atoms with Gasteiger partial charge in [-0.1, -0.05) is 60.5 Å². The zero-order chi connectivity index (χ0) is 22.6. The van der Waals surface area contributed by atoms with Crippen LogP contribution in [0.15, 0.2) is 78.9 Å². The predicted octanol–water partition coefficient (Wildman–Crippen LogP) is 6.65. The molecule has 1 N–H and O–H groups in total. The van der Waals surface area contributed by atoms with Gasteiger partial charge in [-0.15, -0.1) is 0 Å². The van der Waals surface area contributed by atoms with Crippen LogP contribution in [0.2, 0.25) is 5.02 Å². The second-order valence-electron chi connectivity index (χ2n) is 8.54. The van der Waals surface area contributed by atoms with Gasteiger partial charge in [-0.2, -0.15) is 0 Å². The Morgan fingerprint density at radius 3 is 2.33 bits per heavy atom. The van der Waals surface area contributed by atoms with Gasteiger partial charge in [0.25, 0.3) is 0 Å². The molecule has 166 valence electrons. The van der Waals surface area contributed by atoms with Crippen LogP contribution >= 0.6 is 11.6 Å². The lowest BCUT2D eigenvalue weighted by atomic mass is 9.98. The van der Waals surface area contributed by atoms with E-state index in [1.165, 1.54) is 19.3 Å². The highest BCUT2D eigenvalue weighted by molar-refractivity contribution is 6.30. The first-order valence-electron chi connectivity index (χ1n) is 11.4. The minimum absolute atomic E-state index is 0.0403. The topological polar surface area (TPSA) is 45.2 Å². The average molecular weight is 456 g/mol. The van der Waals surface area contributed by atoms with Gasteiger partial charge in [0, 0.05) is 21.7 Å². The van der Waals surface area contributed by atoms with Crippen LogP contribution in [0.5, 0.6) is 0 Å². The summed E-state index contributed by atoms with van der Waals surface area (Å²) >= 11 is 6.10. The summed E-state index contributed by atoms with van der Waals surface area (Å²) in [6, 6.07) is 26.1. The summed E-state index contributed by atoms with van der Waals surface area (Å²) in [6.07, 6.45) is 3.62. The summed E-state index contributed by atoms with van der Waals surface area (Å²) in [6.45, 7) is 2.48. The van der Waals surface area contributed by atoms with Crippen LogP contribution in [-0.2, 0) is 4.79 Å². The molecule has 0 unspecified atom stereocenters. The summed E-state index contributed by atoms with van der Waals surface area (Å²) in [5.41, 5.74) is 5.86. The summed E-state index contributed by atoms with van der Waals surface area (Å²) in [5, 5.41) is 4.85. The number of rotatable bonds is 5. The van der Waals surface area contributed by atoms with Crippen molar-refractivity contribution in [3.8, 4) is 22.4 Å². The van der Waals surface area contributed by atoms with Crippen molar-refractivity contribution in [2.24, 2.45) is 0 Å². The van der Waals surface area contributed by atoms with Crippen molar-refractivity contribution < 1.29 is 4.79 Å². The molecular formula is C28H26ClN3O. The predicted molar refractivity (Wildman–Crippen MR) is 137 cm³/mol. The Morgan fingerprint density at radius 2 is 1.58 bits per heavy atom. The molecule has 0 bridgehead atoms. The van der Waals surface area contributed by atoms with E-state index in [4.69, 9.17) is 16.6 Å². The zero-order valence-electron chi connectivity index (χ0n) is 18.4. The van der Waals surface area contributed by atoms with Gasteiger partial charge in [-0.25, -0.2) is 4.98 Å². The van der Waals surface area contributed by atoms with E-state index < -0.39 is 0 Å². The molecule has 1 fully saturated rings. The molecule has 0 atom stereocenters. The van der Waals surface area contributed by atoms with Gasteiger partial charge in [0.15, 0.2) is 0 Å².